The number of carbonyl (C=O) groups excluding carboxylic acids is 1. The molecule has 0 saturated heterocycles. The Hall–Kier alpha value is -1.91. The highest BCUT2D eigenvalue weighted by Gasteiger charge is 2.13. The summed E-state index contributed by atoms with van der Waals surface area (Å²) in [6.07, 6.45) is 1.70. The van der Waals surface area contributed by atoms with E-state index >= 15 is 0 Å². The van der Waals surface area contributed by atoms with Gasteiger partial charge < -0.3 is 5.32 Å². The Morgan fingerprint density at radius 2 is 2.05 bits per heavy atom. The van der Waals surface area contributed by atoms with Crippen molar-refractivity contribution < 1.29 is 4.79 Å². The van der Waals surface area contributed by atoms with Crippen LogP contribution in [0.3, 0.4) is 0 Å². The van der Waals surface area contributed by atoms with E-state index in [0.29, 0.717) is 15.6 Å². The zero-order valence-electron chi connectivity index (χ0n) is 9.76. The van der Waals surface area contributed by atoms with Crippen molar-refractivity contribution in [3.63, 3.8) is 0 Å². The first-order valence-electron chi connectivity index (χ1n) is 5.64. The van der Waals surface area contributed by atoms with Crippen LogP contribution in [0.2, 0.25) is 5.02 Å². The number of nitrogens with zero attached hydrogens (tertiary/aromatic N) is 1. The SMILES string of the molecule is O=C(Nc1cccc2cccnc12)c1sccc1Cl. The minimum absolute atomic E-state index is 0.210. The van der Waals surface area contributed by atoms with Crippen molar-refractivity contribution in [3.05, 3.63) is 57.9 Å². The van der Waals surface area contributed by atoms with E-state index in [1.54, 1.807) is 17.6 Å². The van der Waals surface area contributed by atoms with Gasteiger partial charge in [0.2, 0.25) is 0 Å². The molecule has 3 rings (SSSR count). The number of hydrogen-bond donors (Lipinski definition) is 1. The van der Waals surface area contributed by atoms with Crippen LogP contribution in [0.5, 0.6) is 0 Å². The van der Waals surface area contributed by atoms with E-state index in [4.69, 9.17) is 11.6 Å². The molecule has 0 aliphatic carbocycles. The lowest BCUT2D eigenvalue weighted by molar-refractivity contribution is 0.103. The first kappa shape index (κ1) is 12.1. The first-order chi connectivity index (χ1) is 9.25. The second-order valence-electron chi connectivity index (χ2n) is 3.93. The number of thiophene rings is 1. The first-order valence-corrected chi connectivity index (χ1v) is 6.89. The van der Waals surface area contributed by atoms with Crippen LogP contribution >= 0.6 is 22.9 Å². The minimum Gasteiger partial charge on any atom is -0.319 e. The third-order valence-electron chi connectivity index (χ3n) is 2.70. The van der Waals surface area contributed by atoms with Gasteiger partial charge in [-0.1, -0.05) is 29.8 Å². The summed E-state index contributed by atoms with van der Waals surface area (Å²) in [7, 11) is 0. The zero-order valence-corrected chi connectivity index (χ0v) is 11.3. The highest BCUT2D eigenvalue weighted by Crippen LogP contribution is 2.25. The second kappa shape index (κ2) is 4.99. The van der Waals surface area contributed by atoms with E-state index in [2.05, 4.69) is 10.3 Å². The van der Waals surface area contributed by atoms with Crippen molar-refractivity contribution in [1.29, 1.82) is 0 Å². The number of carbonyl (C=O) groups is 1. The molecular formula is C14H9ClN2OS. The zero-order chi connectivity index (χ0) is 13.2. The standard InChI is InChI=1S/C14H9ClN2OS/c15-10-6-8-19-13(10)14(18)17-11-5-1-3-9-4-2-7-16-12(9)11/h1-8H,(H,17,18). The van der Waals surface area contributed by atoms with Crippen LogP contribution in [-0.4, -0.2) is 10.9 Å². The average Bonchev–Trinajstić information content (AvgIpc) is 2.85. The molecule has 19 heavy (non-hydrogen) atoms. The summed E-state index contributed by atoms with van der Waals surface area (Å²) in [6, 6.07) is 11.2. The van der Waals surface area contributed by atoms with Crippen LogP contribution in [0.1, 0.15) is 9.67 Å². The minimum atomic E-state index is -0.210. The van der Waals surface area contributed by atoms with E-state index in [0.717, 1.165) is 10.9 Å². The Morgan fingerprint density at radius 1 is 1.21 bits per heavy atom. The molecule has 1 aromatic carbocycles. The molecule has 1 amide bonds. The van der Waals surface area contributed by atoms with Crippen LogP contribution in [0, 0.1) is 0 Å². The average molecular weight is 289 g/mol. The predicted octanol–water partition coefficient (Wildman–Crippen LogP) is 4.20. The van der Waals surface area contributed by atoms with E-state index in [9.17, 15) is 4.79 Å². The third-order valence-corrected chi connectivity index (χ3v) is 4.04. The van der Waals surface area contributed by atoms with Crippen molar-refractivity contribution in [3.8, 4) is 0 Å². The molecule has 0 radical (unpaired) electrons. The number of nitrogens with one attached hydrogen (secondary N) is 1. The highest BCUT2D eigenvalue weighted by atomic mass is 35.5. The summed E-state index contributed by atoms with van der Waals surface area (Å²) in [5, 5.41) is 6.10. The molecule has 0 spiro atoms. The van der Waals surface area contributed by atoms with Gasteiger partial charge >= 0.3 is 0 Å². The van der Waals surface area contributed by atoms with Gasteiger partial charge in [-0.2, -0.15) is 0 Å². The predicted molar refractivity (Wildman–Crippen MR) is 79.0 cm³/mol. The molecule has 2 aromatic heterocycles. The quantitative estimate of drug-likeness (QED) is 0.768. The normalized spacial score (nSPS) is 10.6. The molecule has 0 aliphatic rings. The topological polar surface area (TPSA) is 42.0 Å². The Morgan fingerprint density at radius 3 is 2.84 bits per heavy atom. The van der Waals surface area contributed by atoms with Gasteiger partial charge in [0.15, 0.2) is 0 Å². The van der Waals surface area contributed by atoms with Gasteiger partial charge in [-0.05, 0) is 23.6 Å². The fourth-order valence-corrected chi connectivity index (χ4v) is 2.88. The lowest BCUT2D eigenvalue weighted by Gasteiger charge is -2.07. The number of rotatable bonds is 2. The number of benzene rings is 1. The van der Waals surface area contributed by atoms with Gasteiger partial charge in [0, 0.05) is 11.6 Å². The van der Waals surface area contributed by atoms with Crippen LogP contribution in [0.4, 0.5) is 5.69 Å². The van der Waals surface area contributed by atoms with E-state index < -0.39 is 0 Å². The molecule has 0 atom stereocenters. The second-order valence-corrected chi connectivity index (χ2v) is 5.26. The van der Waals surface area contributed by atoms with Crippen LogP contribution in [0.25, 0.3) is 10.9 Å². The third kappa shape index (κ3) is 2.32. The fourth-order valence-electron chi connectivity index (χ4n) is 1.84. The van der Waals surface area contributed by atoms with Gasteiger partial charge in [0.25, 0.3) is 5.91 Å². The molecule has 3 aromatic rings. The van der Waals surface area contributed by atoms with Crippen LogP contribution < -0.4 is 5.32 Å². The Labute approximate surface area is 118 Å². The van der Waals surface area contributed by atoms with Gasteiger partial charge in [-0.3, -0.25) is 9.78 Å². The monoisotopic (exact) mass is 288 g/mol. The van der Waals surface area contributed by atoms with Crippen molar-refractivity contribution in [2.45, 2.75) is 0 Å². The molecule has 0 saturated carbocycles. The highest BCUT2D eigenvalue weighted by molar-refractivity contribution is 7.12. The lowest BCUT2D eigenvalue weighted by atomic mass is 10.2. The van der Waals surface area contributed by atoms with Gasteiger partial charge in [0.05, 0.1) is 16.2 Å². The molecule has 0 aliphatic heterocycles. The van der Waals surface area contributed by atoms with Crippen LogP contribution in [-0.2, 0) is 0 Å². The Kier molecular flexibility index (Phi) is 3.19. The lowest BCUT2D eigenvalue weighted by Crippen LogP contribution is -2.11. The summed E-state index contributed by atoms with van der Waals surface area (Å²) >= 11 is 7.27. The number of para-hydroxylation sites is 1. The van der Waals surface area contributed by atoms with Crippen LogP contribution in [0.15, 0.2) is 48.0 Å². The van der Waals surface area contributed by atoms with Gasteiger partial charge in [0.1, 0.15) is 4.88 Å². The number of halogens is 1. The van der Waals surface area contributed by atoms with E-state index in [-0.39, 0.29) is 5.91 Å². The molecule has 0 fully saturated rings. The number of anilines is 1. The largest absolute Gasteiger partial charge is 0.319 e. The maximum Gasteiger partial charge on any atom is 0.267 e. The fraction of sp³-hybridized carbons (Fsp3) is 0. The molecule has 3 nitrogen and oxygen atoms in total. The van der Waals surface area contributed by atoms with Crippen molar-refractivity contribution in [2.24, 2.45) is 0 Å². The smallest absolute Gasteiger partial charge is 0.267 e. The van der Waals surface area contributed by atoms with Gasteiger partial charge in [-0.15, -0.1) is 11.3 Å². The maximum atomic E-state index is 12.1. The van der Waals surface area contributed by atoms with Gasteiger partial charge in [-0.25, -0.2) is 0 Å². The number of hydrogen-bond acceptors (Lipinski definition) is 3. The molecular weight excluding hydrogens is 280 g/mol. The summed E-state index contributed by atoms with van der Waals surface area (Å²) in [5.74, 6) is -0.210. The number of pyridine rings is 1. The number of amides is 1. The summed E-state index contributed by atoms with van der Waals surface area (Å²) in [4.78, 5) is 16.9. The Bertz CT molecular complexity index is 749. The van der Waals surface area contributed by atoms with Crippen molar-refractivity contribution in [1.82, 2.24) is 4.98 Å². The molecule has 5 heteroatoms. The summed E-state index contributed by atoms with van der Waals surface area (Å²) in [5.41, 5.74) is 1.46. The van der Waals surface area contributed by atoms with E-state index in [1.165, 1.54) is 11.3 Å². The summed E-state index contributed by atoms with van der Waals surface area (Å²) in [6.45, 7) is 0. The number of fused-ring (bicyclic) bond motifs is 1. The summed E-state index contributed by atoms with van der Waals surface area (Å²) < 4.78 is 0. The molecule has 1 N–H and O–H groups in total. The van der Waals surface area contributed by atoms with Crippen molar-refractivity contribution in [2.75, 3.05) is 5.32 Å². The number of aromatic nitrogens is 1. The molecule has 94 valence electrons. The van der Waals surface area contributed by atoms with Crippen molar-refractivity contribution >= 4 is 45.4 Å². The Balaban J connectivity index is 1.98. The molecule has 0 unspecified atom stereocenters. The molecule has 0 bridgehead atoms. The maximum absolute atomic E-state index is 12.1. The molecule has 2 heterocycles. The van der Waals surface area contributed by atoms with E-state index in [1.807, 2.05) is 30.3 Å².